The van der Waals surface area contributed by atoms with Crippen LogP contribution in [0.1, 0.15) is 32.6 Å². The molecule has 150 valence electrons. The molecule has 0 atom stereocenters. The van der Waals surface area contributed by atoms with Crippen LogP contribution < -0.4 is 5.32 Å². The molecule has 0 aliphatic carbocycles. The monoisotopic (exact) mass is 389 g/mol. The zero-order chi connectivity index (χ0) is 20.3. The van der Waals surface area contributed by atoms with Crippen molar-refractivity contribution in [2.24, 2.45) is 5.41 Å². The van der Waals surface area contributed by atoms with E-state index in [0.29, 0.717) is 5.82 Å². The van der Waals surface area contributed by atoms with Crippen LogP contribution in [0.25, 0.3) is 22.0 Å². The van der Waals surface area contributed by atoms with Crippen molar-refractivity contribution in [1.82, 2.24) is 20.1 Å². The normalized spacial score (nSPS) is 16.6. The molecule has 29 heavy (non-hydrogen) atoms. The number of nitrogens with one attached hydrogen (secondary N) is 1. The van der Waals surface area contributed by atoms with Crippen molar-refractivity contribution in [3.63, 3.8) is 0 Å². The van der Waals surface area contributed by atoms with Gasteiger partial charge in [0, 0.05) is 23.3 Å². The van der Waals surface area contributed by atoms with Gasteiger partial charge < -0.3 is 10.2 Å². The van der Waals surface area contributed by atoms with E-state index in [1.165, 1.54) is 0 Å². The molecule has 0 saturated carbocycles. The average Bonchev–Trinajstić information content (AvgIpc) is 2.76. The van der Waals surface area contributed by atoms with Gasteiger partial charge in [-0.3, -0.25) is 9.78 Å². The maximum Gasteiger partial charge on any atom is 0.231 e. The van der Waals surface area contributed by atoms with Gasteiger partial charge in [0.2, 0.25) is 5.91 Å². The van der Waals surface area contributed by atoms with Gasteiger partial charge in [0.1, 0.15) is 0 Å². The Morgan fingerprint density at radius 1 is 1.14 bits per heavy atom. The number of carbonyl (C=O) groups is 1. The van der Waals surface area contributed by atoms with E-state index in [0.717, 1.165) is 60.8 Å². The predicted molar refractivity (Wildman–Crippen MR) is 115 cm³/mol. The SMILES string of the molecule is CCCC1(C(=O)Nc2cc3cc(-c4cccnc4)ccc3nn2)CCN(C)CC1. The fourth-order valence-corrected chi connectivity index (χ4v) is 4.18. The largest absolute Gasteiger partial charge is 0.309 e. The van der Waals surface area contributed by atoms with Crippen molar-refractivity contribution in [3.8, 4) is 11.1 Å². The molecule has 0 spiro atoms. The zero-order valence-electron chi connectivity index (χ0n) is 17.1. The second-order valence-electron chi connectivity index (χ2n) is 8.03. The number of hydrogen-bond acceptors (Lipinski definition) is 5. The lowest BCUT2D eigenvalue weighted by molar-refractivity contribution is -0.128. The number of amides is 1. The van der Waals surface area contributed by atoms with Crippen molar-refractivity contribution in [1.29, 1.82) is 0 Å². The number of hydrogen-bond donors (Lipinski definition) is 1. The molecule has 0 bridgehead atoms. The molecule has 4 rings (SSSR count). The van der Waals surface area contributed by atoms with Crippen LogP contribution >= 0.6 is 0 Å². The molecule has 6 nitrogen and oxygen atoms in total. The topological polar surface area (TPSA) is 71.0 Å². The van der Waals surface area contributed by atoms with Gasteiger partial charge in [0.05, 0.1) is 10.9 Å². The fraction of sp³-hybridized carbons (Fsp3) is 0.391. The molecule has 3 aromatic rings. The first-order valence-corrected chi connectivity index (χ1v) is 10.3. The molecule has 1 amide bonds. The third kappa shape index (κ3) is 4.12. The summed E-state index contributed by atoms with van der Waals surface area (Å²) in [7, 11) is 2.11. The minimum absolute atomic E-state index is 0.0736. The molecular weight excluding hydrogens is 362 g/mol. The van der Waals surface area contributed by atoms with Crippen LogP contribution in [0.15, 0.2) is 48.8 Å². The number of nitrogens with zero attached hydrogens (tertiary/aromatic N) is 4. The molecular formula is C23H27N5O. The molecule has 1 N–H and O–H groups in total. The molecule has 3 heterocycles. The van der Waals surface area contributed by atoms with Crippen LogP contribution in [0.2, 0.25) is 0 Å². The lowest BCUT2D eigenvalue weighted by atomic mass is 9.74. The maximum absolute atomic E-state index is 13.2. The predicted octanol–water partition coefficient (Wildman–Crippen LogP) is 4.14. The van der Waals surface area contributed by atoms with Gasteiger partial charge in [0.15, 0.2) is 5.82 Å². The minimum Gasteiger partial charge on any atom is -0.309 e. The summed E-state index contributed by atoms with van der Waals surface area (Å²) in [6.45, 7) is 4.04. The molecule has 1 fully saturated rings. The van der Waals surface area contributed by atoms with E-state index in [9.17, 15) is 4.79 Å². The number of rotatable bonds is 5. The Kier molecular flexibility index (Phi) is 5.53. The minimum atomic E-state index is -0.310. The standard InChI is InChI=1S/C23H27N5O/c1-3-8-23(9-12-28(2)13-10-23)22(29)25-21-15-19-14-17(6-7-20(19)26-27-21)18-5-4-11-24-16-18/h4-7,11,14-16H,3,8-10,12-13H2,1-2H3,(H,25,27,29). The number of piperidine rings is 1. The summed E-state index contributed by atoms with van der Waals surface area (Å²) < 4.78 is 0. The number of aromatic nitrogens is 3. The highest BCUT2D eigenvalue weighted by atomic mass is 16.2. The van der Waals surface area contributed by atoms with Crippen molar-refractivity contribution in [2.45, 2.75) is 32.6 Å². The zero-order valence-corrected chi connectivity index (χ0v) is 17.1. The van der Waals surface area contributed by atoms with Crippen LogP contribution in [-0.4, -0.2) is 46.1 Å². The summed E-state index contributed by atoms with van der Waals surface area (Å²) in [6.07, 6.45) is 7.27. The van der Waals surface area contributed by atoms with Crippen molar-refractivity contribution in [3.05, 3.63) is 48.8 Å². The number of likely N-dealkylation sites (tertiary alicyclic amines) is 1. The van der Waals surface area contributed by atoms with Gasteiger partial charge in [-0.25, -0.2) is 0 Å². The lowest BCUT2D eigenvalue weighted by Crippen LogP contribution is -2.45. The quantitative estimate of drug-likeness (QED) is 0.710. The van der Waals surface area contributed by atoms with Gasteiger partial charge in [-0.05, 0) is 69.2 Å². The fourth-order valence-electron chi connectivity index (χ4n) is 4.18. The van der Waals surface area contributed by atoms with Crippen LogP contribution in [0.3, 0.4) is 0 Å². The molecule has 1 aliphatic rings. The Balaban J connectivity index is 1.59. The lowest BCUT2D eigenvalue weighted by Gasteiger charge is -2.39. The van der Waals surface area contributed by atoms with Crippen LogP contribution in [0.4, 0.5) is 5.82 Å². The van der Waals surface area contributed by atoms with E-state index < -0.39 is 0 Å². The van der Waals surface area contributed by atoms with E-state index in [1.807, 2.05) is 36.5 Å². The Labute approximate surface area is 171 Å². The van der Waals surface area contributed by atoms with Crippen molar-refractivity contribution < 1.29 is 4.79 Å². The van der Waals surface area contributed by atoms with Gasteiger partial charge in [-0.1, -0.05) is 25.5 Å². The second-order valence-corrected chi connectivity index (χ2v) is 8.03. The summed E-state index contributed by atoms with van der Waals surface area (Å²) in [5, 5.41) is 12.6. The molecule has 2 aromatic heterocycles. The molecule has 0 unspecified atom stereocenters. The first-order chi connectivity index (χ1) is 14.1. The van der Waals surface area contributed by atoms with Gasteiger partial charge in [-0.2, -0.15) is 0 Å². The van der Waals surface area contributed by atoms with E-state index in [-0.39, 0.29) is 11.3 Å². The van der Waals surface area contributed by atoms with E-state index in [4.69, 9.17) is 0 Å². The highest BCUT2D eigenvalue weighted by Gasteiger charge is 2.40. The Morgan fingerprint density at radius 2 is 1.97 bits per heavy atom. The summed E-state index contributed by atoms with van der Waals surface area (Å²) >= 11 is 0. The molecule has 6 heteroatoms. The number of carbonyl (C=O) groups excluding carboxylic acids is 1. The second kappa shape index (κ2) is 8.25. The third-order valence-corrected chi connectivity index (χ3v) is 5.98. The van der Waals surface area contributed by atoms with E-state index in [1.54, 1.807) is 6.20 Å². The number of fused-ring (bicyclic) bond motifs is 1. The number of benzene rings is 1. The Hall–Kier alpha value is -2.86. The van der Waals surface area contributed by atoms with E-state index in [2.05, 4.69) is 45.4 Å². The first-order valence-electron chi connectivity index (χ1n) is 10.3. The van der Waals surface area contributed by atoms with Crippen LogP contribution in [-0.2, 0) is 4.79 Å². The molecule has 1 aliphatic heterocycles. The highest BCUT2D eigenvalue weighted by molar-refractivity contribution is 5.96. The maximum atomic E-state index is 13.2. The van der Waals surface area contributed by atoms with Crippen molar-refractivity contribution in [2.75, 3.05) is 25.5 Å². The van der Waals surface area contributed by atoms with Crippen LogP contribution in [0.5, 0.6) is 0 Å². The number of pyridine rings is 1. The Bertz CT molecular complexity index is 997. The molecule has 1 saturated heterocycles. The smallest absolute Gasteiger partial charge is 0.231 e. The molecule has 0 radical (unpaired) electrons. The number of anilines is 1. The van der Waals surface area contributed by atoms with Gasteiger partial charge in [-0.15, -0.1) is 10.2 Å². The van der Waals surface area contributed by atoms with Gasteiger partial charge in [0.25, 0.3) is 0 Å². The van der Waals surface area contributed by atoms with Gasteiger partial charge >= 0.3 is 0 Å². The summed E-state index contributed by atoms with van der Waals surface area (Å²) in [6, 6.07) is 11.9. The molecule has 1 aromatic carbocycles. The average molecular weight is 390 g/mol. The van der Waals surface area contributed by atoms with E-state index >= 15 is 0 Å². The summed E-state index contributed by atoms with van der Waals surface area (Å²) in [5.74, 6) is 0.588. The summed E-state index contributed by atoms with van der Waals surface area (Å²) in [4.78, 5) is 19.7. The highest BCUT2D eigenvalue weighted by Crippen LogP contribution is 2.37. The first kappa shape index (κ1) is 19.5. The summed E-state index contributed by atoms with van der Waals surface area (Å²) in [5.41, 5.74) is 2.60. The third-order valence-electron chi connectivity index (χ3n) is 5.98. The Morgan fingerprint density at radius 3 is 2.69 bits per heavy atom. The van der Waals surface area contributed by atoms with Crippen molar-refractivity contribution >= 4 is 22.6 Å². The van der Waals surface area contributed by atoms with Crippen LogP contribution in [0, 0.1) is 5.41 Å².